The number of nitrogens with one attached hydrogen (secondary N) is 1. The van der Waals surface area contributed by atoms with Gasteiger partial charge in [0, 0.05) is 19.2 Å². The van der Waals surface area contributed by atoms with Crippen LogP contribution in [0.4, 0.5) is 4.79 Å². The van der Waals surface area contributed by atoms with E-state index in [1.807, 2.05) is 31.3 Å². The smallest absolute Gasteiger partial charge is 0.317 e. The summed E-state index contributed by atoms with van der Waals surface area (Å²) in [5.41, 5.74) is 0.825. The molecule has 134 valence electrons. The fraction of sp³-hybridized carbons (Fsp3) is 0.632. The monoisotopic (exact) mass is 334 g/mol. The number of carbonyl (C=O) groups excluding carboxylic acids is 1. The summed E-state index contributed by atoms with van der Waals surface area (Å²) in [6.45, 7) is 6.98. The Morgan fingerprint density at radius 1 is 1.38 bits per heavy atom. The number of hydrogen-bond acceptors (Lipinski definition) is 3. The van der Waals surface area contributed by atoms with Gasteiger partial charge in [-0.1, -0.05) is 39.0 Å². The van der Waals surface area contributed by atoms with Crippen molar-refractivity contribution in [1.82, 2.24) is 10.2 Å². The van der Waals surface area contributed by atoms with Gasteiger partial charge >= 0.3 is 6.03 Å². The molecule has 2 amide bonds. The zero-order valence-corrected chi connectivity index (χ0v) is 15.4. The summed E-state index contributed by atoms with van der Waals surface area (Å²) in [6.07, 6.45) is 1.38. The molecular formula is C19H30N2O3. The first-order chi connectivity index (χ1) is 11.2. The van der Waals surface area contributed by atoms with Crippen molar-refractivity contribution in [2.75, 3.05) is 20.7 Å². The molecular weight excluding hydrogens is 304 g/mol. The number of amides is 2. The Morgan fingerprint density at radius 3 is 2.54 bits per heavy atom. The molecule has 1 fully saturated rings. The average Bonchev–Trinajstić information content (AvgIpc) is 2.49. The molecule has 0 radical (unpaired) electrons. The molecule has 0 unspecified atom stereocenters. The lowest BCUT2D eigenvalue weighted by Crippen LogP contribution is -2.46. The van der Waals surface area contributed by atoms with E-state index in [0.717, 1.165) is 24.2 Å². The van der Waals surface area contributed by atoms with Crippen molar-refractivity contribution in [2.24, 2.45) is 11.3 Å². The van der Waals surface area contributed by atoms with Crippen LogP contribution in [-0.2, 0) is 0 Å². The number of urea groups is 1. The van der Waals surface area contributed by atoms with E-state index in [2.05, 4.69) is 26.1 Å². The first-order valence-electron chi connectivity index (χ1n) is 8.55. The van der Waals surface area contributed by atoms with Crippen LogP contribution in [0.1, 0.15) is 45.2 Å². The average molecular weight is 334 g/mol. The summed E-state index contributed by atoms with van der Waals surface area (Å²) in [5.74, 6) is 1.18. The lowest BCUT2D eigenvalue weighted by molar-refractivity contribution is 0.0321. The van der Waals surface area contributed by atoms with Crippen molar-refractivity contribution >= 4 is 6.03 Å². The number of methoxy groups -OCH3 is 1. The maximum absolute atomic E-state index is 12.6. The Kier molecular flexibility index (Phi) is 5.75. The maximum Gasteiger partial charge on any atom is 0.317 e. The second kappa shape index (κ2) is 7.43. The van der Waals surface area contributed by atoms with Crippen LogP contribution >= 0.6 is 0 Å². The minimum Gasteiger partial charge on any atom is -0.496 e. The van der Waals surface area contributed by atoms with Crippen LogP contribution in [0.3, 0.4) is 0 Å². The molecule has 0 aliphatic heterocycles. The number of ether oxygens (including phenoxy) is 1. The summed E-state index contributed by atoms with van der Waals surface area (Å²) in [6, 6.07) is 7.55. The number of aliphatic hydroxyl groups is 1. The van der Waals surface area contributed by atoms with Gasteiger partial charge in [0.1, 0.15) is 5.75 Å². The van der Waals surface area contributed by atoms with Gasteiger partial charge in [0.05, 0.1) is 19.3 Å². The number of benzene rings is 1. The van der Waals surface area contributed by atoms with Crippen LogP contribution < -0.4 is 10.1 Å². The van der Waals surface area contributed by atoms with E-state index < -0.39 is 0 Å². The van der Waals surface area contributed by atoms with E-state index in [4.69, 9.17) is 4.74 Å². The fourth-order valence-corrected chi connectivity index (χ4v) is 3.22. The molecule has 0 saturated heterocycles. The van der Waals surface area contributed by atoms with Crippen molar-refractivity contribution in [3.8, 4) is 5.75 Å². The Labute approximate surface area is 145 Å². The van der Waals surface area contributed by atoms with E-state index in [0.29, 0.717) is 12.5 Å². The third-order valence-corrected chi connectivity index (χ3v) is 4.67. The highest BCUT2D eigenvalue weighted by Gasteiger charge is 2.33. The van der Waals surface area contributed by atoms with Crippen LogP contribution in [-0.4, -0.2) is 42.8 Å². The van der Waals surface area contributed by atoms with Gasteiger partial charge in [-0.05, 0) is 30.2 Å². The predicted molar refractivity (Wildman–Crippen MR) is 95.1 cm³/mol. The number of para-hydroxylation sites is 1. The van der Waals surface area contributed by atoms with Crippen LogP contribution in [0.15, 0.2) is 24.3 Å². The van der Waals surface area contributed by atoms with Crippen LogP contribution in [0.25, 0.3) is 0 Å². The maximum atomic E-state index is 12.6. The van der Waals surface area contributed by atoms with Crippen molar-refractivity contribution in [2.45, 2.75) is 45.8 Å². The SMILES string of the molecule is COc1ccccc1[C@H](NC(=O)N(C)CC1CC(O)C1)C(C)(C)C. The van der Waals surface area contributed by atoms with Crippen LogP contribution in [0, 0.1) is 11.3 Å². The van der Waals surface area contributed by atoms with Gasteiger partial charge in [0.2, 0.25) is 0 Å². The zero-order chi connectivity index (χ0) is 17.9. The fourth-order valence-electron chi connectivity index (χ4n) is 3.22. The second-order valence-corrected chi connectivity index (χ2v) is 7.86. The molecule has 1 aromatic rings. The highest BCUT2D eigenvalue weighted by Crippen LogP contribution is 2.37. The van der Waals surface area contributed by atoms with Gasteiger partial charge in [-0.2, -0.15) is 0 Å². The number of nitrogens with zero attached hydrogens (tertiary/aromatic N) is 1. The Hall–Kier alpha value is -1.75. The van der Waals surface area contributed by atoms with E-state index in [1.54, 1.807) is 12.0 Å². The van der Waals surface area contributed by atoms with Gasteiger partial charge in [-0.3, -0.25) is 0 Å². The third-order valence-electron chi connectivity index (χ3n) is 4.67. The van der Waals surface area contributed by atoms with Crippen molar-refractivity contribution in [3.63, 3.8) is 0 Å². The summed E-state index contributed by atoms with van der Waals surface area (Å²) < 4.78 is 5.47. The van der Waals surface area contributed by atoms with Crippen molar-refractivity contribution < 1.29 is 14.6 Å². The van der Waals surface area contributed by atoms with E-state index in [1.165, 1.54) is 0 Å². The van der Waals surface area contributed by atoms with Gasteiger partial charge in [-0.15, -0.1) is 0 Å². The molecule has 0 bridgehead atoms. The molecule has 0 aromatic heterocycles. The predicted octanol–water partition coefficient (Wildman–Crippen LogP) is 3.19. The number of hydrogen-bond donors (Lipinski definition) is 2. The zero-order valence-electron chi connectivity index (χ0n) is 15.4. The number of carbonyl (C=O) groups is 1. The highest BCUT2D eigenvalue weighted by molar-refractivity contribution is 5.74. The molecule has 5 nitrogen and oxygen atoms in total. The number of rotatable bonds is 5. The summed E-state index contributed by atoms with van der Waals surface area (Å²) in [4.78, 5) is 14.4. The molecule has 0 spiro atoms. The van der Waals surface area contributed by atoms with E-state index in [9.17, 15) is 9.90 Å². The van der Waals surface area contributed by atoms with Gasteiger partial charge in [0.25, 0.3) is 0 Å². The first-order valence-corrected chi connectivity index (χ1v) is 8.55. The van der Waals surface area contributed by atoms with Gasteiger partial charge in [0.15, 0.2) is 0 Å². The molecule has 0 heterocycles. The molecule has 2 rings (SSSR count). The van der Waals surface area contributed by atoms with Crippen LogP contribution in [0.5, 0.6) is 5.75 Å². The molecule has 1 saturated carbocycles. The molecule has 1 aliphatic rings. The second-order valence-electron chi connectivity index (χ2n) is 7.86. The van der Waals surface area contributed by atoms with E-state index >= 15 is 0 Å². The molecule has 24 heavy (non-hydrogen) atoms. The molecule has 1 aromatic carbocycles. The Balaban J connectivity index is 2.10. The minimum atomic E-state index is -0.192. The molecule has 1 aliphatic carbocycles. The highest BCUT2D eigenvalue weighted by atomic mass is 16.5. The third kappa shape index (κ3) is 4.41. The Morgan fingerprint density at radius 2 is 2.00 bits per heavy atom. The summed E-state index contributed by atoms with van der Waals surface area (Å²) in [7, 11) is 3.45. The largest absolute Gasteiger partial charge is 0.496 e. The first kappa shape index (κ1) is 18.6. The molecule has 2 N–H and O–H groups in total. The van der Waals surface area contributed by atoms with E-state index in [-0.39, 0.29) is 23.6 Å². The standard InChI is InChI=1S/C19H30N2O3/c1-19(2,3)17(15-8-6-7-9-16(15)24-5)20-18(23)21(4)12-13-10-14(22)11-13/h6-9,13-14,17,22H,10-12H2,1-5H3,(H,20,23)/t13?,14?,17-/m0/s1. The topological polar surface area (TPSA) is 61.8 Å². The lowest BCUT2D eigenvalue weighted by Gasteiger charge is -2.37. The van der Waals surface area contributed by atoms with Gasteiger partial charge < -0.3 is 20.1 Å². The quantitative estimate of drug-likeness (QED) is 0.869. The number of aliphatic hydroxyl groups excluding tert-OH is 1. The normalized spacial score (nSPS) is 21.6. The summed E-state index contributed by atoms with van der Waals surface area (Å²) >= 11 is 0. The van der Waals surface area contributed by atoms with Crippen molar-refractivity contribution in [1.29, 1.82) is 0 Å². The minimum absolute atomic E-state index is 0.0952. The molecule has 1 atom stereocenters. The lowest BCUT2D eigenvalue weighted by atomic mass is 9.81. The summed E-state index contributed by atoms with van der Waals surface area (Å²) in [5, 5.41) is 12.6. The Bertz CT molecular complexity index is 562. The van der Waals surface area contributed by atoms with Gasteiger partial charge in [-0.25, -0.2) is 4.79 Å². The molecule has 5 heteroatoms. The van der Waals surface area contributed by atoms with Crippen molar-refractivity contribution in [3.05, 3.63) is 29.8 Å². The van der Waals surface area contributed by atoms with Crippen LogP contribution in [0.2, 0.25) is 0 Å².